The Kier molecular flexibility index (Phi) is 26.1. The Bertz CT molecular complexity index is 8520. The summed E-state index contributed by atoms with van der Waals surface area (Å²) in [6.45, 7) is 11.5. The highest BCUT2D eigenvalue weighted by Crippen LogP contribution is 2.33. The van der Waals surface area contributed by atoms with Crippen LogP contribution in [0.4, 0.5) is 42.1 Å². The average Bonchev–Trinajstić information content (AvgIpc) is 1.59. The van der Waals surface area contributed by atoms with Gasteiger partial charge in [-0.2, -0.15) is 43.9 Å². The molecule has 732 valence electrons. The number of piperazine rings is 4. The number of imidazole rings is 2. The van der Waals surface area contributed by atoms with Gasteiger partial charge >= 0.3 is 6.18 Å². The topological polar surface area (TPSA) is 457 Å². The minimum absolute atomic E-state index is 0.0000872. The van der Waals surface area contributed by atoms with E-state index in [1.165, 1.54) is 6.07 Å². The third kappa shape index (κ3) is 20.3. The van der Waals surface area contributed by atoms with E-state index in [1.54, 1.807) is 47.4 Å². The quantitative estimate of drug-likeness (QED) is 0.0445. The molecule has 0 aliphatic carbocycles. The van der Waals surface area contributed by atoms with Crippen LogP contribution in [0.5, 0.6) is 0 Å². The van der Waals surface area contributed by atoms with E-state index in [4.69, 9.17) is 0 Å². The number of alkyl halides is 3. The molecule has 37 nitrogen and oxygen atoms in total. The third-order valence-corrected chi connectivity index (χ3v) is 26.6. The number of carbonyl (C=O) groups is 5. The normalized spacial score (nSPS) is 14.4. The molecule has 11 aromatic heterocycles. The van der Waals surface area contributed by atoms with Gasteiger partial charge in [-0.15, -0.1) is 5.10 Å². The summed E-state index contributed by atoms with van der Waals surface area (Å²) in [5, 5.41) is 46.4. The molecule has 24 rings (SSSR count). The summed E-state index contributed by atoms with van der Waals surface area (Å²) in [6.07, 6.45) is -2.27. The van der Waals surface area contributed by atoms with E-state index in [2.05, 4.69) is 116 Å². The van der Waals surface area contributed by atoms with Crippen LogP contribution in [0, 0.1) is 6.92 Å². The number of nitrogens with zero attached hydrogens (tertiary/aromatic N) is 20. The van der Waals surface area contributed by atoms with Gasteiger partial charge in [-0.3, -0.25) is 43.2 Å². The van der Waals surface area contributed by atoms with Gasteiger partial charge in [-0.1, -0.05) is 121 Å². The lowest BCUT2D eigenvalue weighted by atomic mass is 10.0. The van der Waals surface area contributed by atoms with Crippen molar-refractivity contribution in [2.45, 2.75) is 45.2 Å². The zero-order chi connectivity index (χ0) is 100. The average molecular weight is 1960 g/mol. The standard InChI is InChI=1S/C27H22F3N7O2.C27H25N7O2.C27H24N6O3.C25H22N8O2/c28-27(29,30)26-31-20-8-9-22(32-23(20)33-26)36-10-12-37(13-11-36)25(39)17-5-3-4-16(14-17)15-21-18-6-1-2-7-19(18)24(38)35-34-21;1-17-28-22-9-10-24(30-25(22)29-17)33-11-13-34(14-12-33)27(36)19-6-4-5-18(15-19)16-23-20-7-2-3-8-21(20)26(35)32-31-23;34-25-16-23-21(29-25)8-9-24(28-23)32-10-12-33(13-11-32)27(36)18-5-3-4-17(14-18)15-22-19-6-1-2-7-20(19)26(35)31-30-22;34-24-19-7-2-1-6-18(19)21(27-30-24)15-16-4-3-5-17(14-16)25(35)33-12-10-32(11-13-33)22-9-8-20-23(26-22)29-31-28-20/h1-9,14H,10-13,15H2,(H,35,38)(H,31,32,33);2-10,15H,11-14,16H2,1H3,(H,32,35)(H,28,29,30);1-9,14H,10-13,15-16H2,(H,29,34)(H,31,35);1-9,14H,10-13,15H2,(H,30,34)(H,26,28,29,31). The van der Waals surface area contributed by atoms with E-state index in [1.807, 2.05) is 221 Å². The molecular weight excluding hydrogens is 1870 g/mol. The van der Waals surface area contributed by atoms with Crippen LogP contribution in [0.15, 0.2) is 262 Å². The van der Waals surface area contributed by atoms with Gasteiger partial charge in [0.2, 0.25) is 17.4 Å². The van der Waals surface area contributed by atoms with Crippen LogP contribution >= 0.6 is 0 Å². The van der Waals surface area contributed by atoms with Crippen molar-refractivity contribution in [2.24, 2.45) is 0 Å². The van der Waals surface area contributed by atoms with E-state index >= 15 is 0 Å². The summed E-state index contributed by atoms with van der Waals surface area (Å²) in [4.78, 5) is 160. The van der Waals surface area contributed by atoms with Crippen molar-refractivity contribution in [1.29, 1.82) is 0 Å². The molecule has 19 aromatic rings. The fraction of sp³-hybridized carbons (Fsp3) is 0.217. The predicted octanol–water partition coefficient (Wildman–Crippen LogP) is 11.3. The van der Waals surface area contributed by atoms with Crippen molar-refractivity contribution in [3.63, 3.8) is 0 Å². The zero-order valence-corrected chi connectivity index (χ0v) is 78.7. The van der Waals surface area contributed by atoms with E-state index < -0.39 is 12.0 Å². The summed E-state index contributed by atoms with van der Waals surface area (Å²) in [5.74, 6) is 2.70. The molecule has 8 N–H and O–H groups in total. The van der Waals surface area contributed by atoms with E-state index in [0.29, 0.717) is 203 Å². The van der Waals surface area contributed by atoms with Crippen LogP contribution < -0.4 is 47.2 Å². The van der Waals surface area contributed by atoms with Crippen molar-refractivity contribution in [3.05, 3.63) is 369 Å². The third-order valence-electron chi connectivity index (χ3n) is 26.6. The highest BCUT2D eigenvalue weighted by atomic mass is 19.4. The first kappa shape index (κ1) is 93.9. The summed E-state index contributed by atoms with van der Waals surface area (Å²) in [5.41, 5.74) is 13.1. The number of aromatic amines is 7. The Hall–Kier alpha value is -18.4. The maximum Gasteiger partial charge on any atom is 0.449 e. The van der Waals surface area contributed by atoms with Crippen molar-refractivity contribution >= 4 is 135 Å². The van der Waals surface area contributed by atoms with Crippen LogP contribution in [0.25, 0.3) is 76.6 Å². The van der Waals surface area contributed by atoms with Crippen LogP contribution in [0.3, 0.4) is 0 Å². The molecule has 5 aliphatic rings. The number of amides is 5. The number of benzene rings is 8. The summed E-state index contributed by atoms with van der Waals surface area (Å²) < 4.78 is 38.9. The number of fused-ring (bicyclic) bond motifs is 8. The lowest BCUT2D eigenvalue weighted by molar-refractivity contribution is -0.144. The molecule has 0 radical (unpaired) electrons. The van der Waals surface area contributed by atoms with Gasteiger partial charge in [-0.25, -0.2) is 50.3 Å². The van der Waals surface area contributed by atoms with Gasteiger partial charge in [0.25, 0.3) is 45.9 Å². The first-order valence-electron chi connectivity index (χ1n) is 47.6. The fourth-order valence-electron chi connectivity index (χ4n) is 19.1. The first-order chi connectivity index (χ1) is 71.0. The number of rotatable bonds is 16. The number of H-pyrrole nitrogens is 7. The fourth-order valence-corrected chi connectivity index (χ4v) is 19.1. The van der Waals surface area contributed by atoms with Gasteiger partial charge in [0.1, 0.15) is 34.6 Å². The van der Waals surface area contributed by atoms with Gasteiger partial charge < -0.3 is 54.5 Å². The molecule has 5 aliphatic heterocycles. The van der Waals surface area contributed by atoms with Crippen LogP contribution in [0.2, 0.25) is 0 Å². The number of hydrogen-bond acceptors (Lipinski definition) is 25. The molecule has 146 heavy (non-hydrogen) atoms. The summed E-state index contributed by atoms with van der Waals surface area (Å²) >= 11 is 0. The second-order valence-corrected chi connectivity index (χ2v) is 36.0. The maximum atomic E-state index is 13.3. The zero-order valence-electron chi connectivity index (χ0n) is 78.7. The lowest BCUT2D eigenvalue weighted by Gasteiger charge is -2.35. The molecule has 0 spiro atoms. The Balaban J connectivity index is 0.000000114. The number of nitrogens with one attached hydrogen (secondary N) is 8. The molecule has 40 heteroatoms. The monoisotopic (exact) mass is 1960 g/mol. The predicted molar refractivity (Wildman–Crippen MR) is 545 cm³/mol. The number of aryl methyl sites for hydroxylation is 1. The second-order valence-electron chi connectivity index (χ2n) is 36.0. The smallest absolute Gasteiger partial charge is 0.353 e. The van der Waals surface area contributed by atoms with E-state index in [0.717, 1.165) is 107 Å². The minimum Gasteiger partial charge on any atom is -0.353 e. The van der Waals surface area contributed by atoms with Crippen LogP contribution in [0.1, 0.15) is 104 Å². The minimum atomic E-state index is -4.57. The molecule has 0 bridgehead atoms. The van der Waals surface area contributed by atoms with Gasteiger partial charge in [0.15, 0.2) is 11.3 Å². The Morgan fingerprint density at radius 2 is 0.630 bits per heavy atom. The first-order valence-corrected chi connectivity index (χ1v) is 47.6. The van der Waals surface area contributed by atoms with E-state index in [-0.39, 0.29) is 62.9 Å². The molecule has 4 saturated heterocycles. The van der Waals surface area contributed by atoms with Crippen LogP contribution in [-0.2, 0) is 43.1 Å². The largest absolute Gasteiger partial charge is 0.449 e. The van der Waals surface area contributed by atoms with Crippen molar-refractivity contribution in [3.8, 4) is 0 Å². The van der Waals surface area contributed by atoms with Gasteiger partial charge in [-0.05, 0) is 151 Å². The molecule has 8 aromatic carbocycles. The number of halogens is 3. The molecule has 5 amide bonds. The summed E-state index contributed by atoms with van der Waals surface area (Å²) in [7, 11) is 0. The number of anilines is 5. The lowest BCUT2D eigenvalue weighted by Crippen LogP contribution is -2.49. The highest BCUT2D eigenvalue weighted by Gasteiger charge is 2.36. The molecule has 0 atom stereocenters. The Labute approximate surface area is 827 Å². The van der Waals surface area contributed by atoms with Crippen molar-refractivity contribution < 1.29 is 37.1 Å². The van der Waals surface area contributed by atoms with Crippen LogP contribution in [-0.4, -0.2) is 250 Å². The number of pyridine rings is 4. The SMILES string of the molecule is Cc1nc2nc(N3CCN(C(=O)c4cccc(Cc5n[nH]c(=O)c6ccccc56)c4)CC3)ccc2[nH]1.O=C(c1cccc(Cc2n[nH]c(=O)c3ccccc23)c1)N1CCN(c2ccc3[nH]c(C(F)(F)F)nc3n2)CC1.O=C(c1cccc(Cc2n[nH]c(=O)c3ccccc23)c1)N1CCN(c2ccc3n[nH]nc3n2)CC1.O=C1Cc2nc(N3CCN(C(=O)c4cccc(Cc5n[nH]c(=O)c6ccccc56)c4)CC3)ccc2N1. The molecular formula is C106H93F3N28O9. The van der Waals surface area contributed by atoms with E-state index in [9.17, 15) is 56.3 Å². The number of carbonyl (C=O) groups excluding carboxylic acids is 5. The Morgan fingerprint density at radius 1 is 0.315 bits per heavy atom. The molecule has 0 saturated carbocycles. The maximum absolute atomic E-state index is 13.3. The molecule has 4 fully saturated rings. The number of aromatic nitrogens is 19. The highest BCUT2D eigenvalue weighted by molar-refractivity contribution is 6.00. The second kappa shape index (κ2) is 40.7. The van der Waals surface area contributed by atoms with Crippen molar-refractivity contribution in [1.82, 2.24) is 116 Å². The number of hydrogen-bond donors (Lipinski definition) is 8. The molecule has 16 heterocycles. The van der Waals surface area contributed by atoms with Gasteiger partial charge in [0, 0.05) is 174 Å². The van der Waals surface area contributed by atoms with Crippen molar-refractivity contribution in [2.75, 3.05) is 130 Å². The summed E-state index contributed by atoms with van der Waals surface area (Å²) in [6, 6.07) is 74.6. The van der Waals surface area contributed by atoms with Gasteiger partial charge in [0.05, 0.1) is 73.2 Å². The molecule has 0 unspecified atom stereocenters. The Morgan fingerprint density at radius 3 is 0.986 bits per heavy atom.